The number of benzene rings is 11. The van der Waals surface area contributed by atoms with Crippen LogP contribution in [0, 0.1) is 0 Å². The van der Waals surface area contributed by atoms with Crippen molar-refractivity contribution in [2.24, 2.45) is 0 Å². The summed E-state index contributed by atoms with van der Waals surface area (Å²) in [5.41, 5.74) is 13.4. The molecule has 0 N–H and O–H groups in total. The highest BCUT2D eigenvalue weighted by molar-refractivity contribution is 6.17. The number of hydrogen-bond donors (Lipinski definition) is 0. The molecule has 0 bridgehead atoms. The number of aromatic nitrogens is 1. The Labute approximate surface area is 342 Å². The Morgan fingerprint density at radius 3 is 1.53 bits per heavy atom. The van der Waals surface area contributed by atoms with E-state index in [9.17, 15) is 0 Å². The number of nitrogens with zero attached hydrogens (tertiary/aromatic N) is 1. The highest BCUT2D eigenvalue weighted by Gasteiger charge is 2.17. The molecule has 1 nitrogen and oxygen atoms in total. The van der Waals surface area contributed by atoms with Crippen LogP contribution in [0.3, 0.4) is 0 Å². The molecular formula is C58H37N. The average molecular weight is 748 g/mol. The fourth-order valence-corrected chi connectivity index (χ4v) is 9.45. The maximum atomic E-state index is 2.43. The van der Waals surface area contributed by atoms with Crippen LogP contribution in [0.5, 0.6) is 0 Å². The second kappa shape index (κ2) is 13.4. The first-order valence-electron chi connectivity index (χ1n) is 20.4. The van der Waals surface area contributed by atoms with Gasteiger partial charge in [0.2, 0.25) is 0 Å². The first-order chi connectivity index (χ1) is 29.2. The minimum Gasteiger partial charge on any atom is -0.309 e. The minimum absolute atomic E-state index is 1.17. The van der Waals surface area contributed by atoms with Gasteiger partial charge in [0.15, 0.2) is 0 Å². The maximum absolute atomic E-state index is 2.43. The summed E-state index contributed by atoms with van der Waals surface area (Å²) in [6.45, 7) is 0. The molecule has 0 fully saturated rings. The van der Waals surface area contributed by atoms with Crippen LogP contribution in [0.4, 0.5) is 0 Å². The maximum Gasteiger partial charge on any atom is 0.0541 e. The van der Waals surface area contributed by atoms with E-state index in [1.165, 1.54) is 115 Å². The molecule has 12 rings (SSSR count). The van der Waals surface area contributed by atoms with Gasteiger partial charge in [-0.05, 0) is 154 Å². The summed E-state index contributed by atoms with van der Waals surface area (Å²) in [7, 11) is 0. The first-order valence-corrected chi connectivity index (χ1v) is 20.4. The van der Waals surface area contributed by atoms with E-state index in [1.54, 1.807) is 0 Å². The van der Waals surface area contributed by atoms with Crippen molar-refractivity contribution < 1.29 is 0 Å². The monoisotopic (exact) mass is 747 g/mol. The normalized spacial score (nSPS) is 11.7. The largest absolute Gasteiger partial charge is 0.309 e. The first kappa shape index (κ1) is 33.4. The lowest BCUT2D eigenvalue weighted by molar-refractivity contribution is 1.18. The van der Waals surface area contributed by atoms with Crippen LogP contribution in [0.15, 0.2) is 224 Å². The van der Waals surface area contributed by atoms with Gasteiger partial charge in [-0.15, -0.1) is 0 Å². The van der Waals surface area contributed by atoms with Gasteiger partial charge in [-0.2, -0.15) is 0 Å². The Hall–Kier alpha value is -7.74. The van der Waals surface area contributed by atoms with Gasteiger partial charge in [0.05, 0.1) is 11.0 Å². The molecule has 0 aliphatic rings. The SMILES string of the molecule is c1ccc(-c2cc3ccccc3cc2-c2ccc3c(c2)c(-c2ccc4ccccc4c2)cc2cc(-c4ccc5c(c4)c4ccccc4n5-c4ccccc4)ccc23)cc1. The zero-order valence-corrected chi connectivity index (χ0v) is 32.3. The fraction of sp³-hybridized carbons (Fsp3) is 0. The molecule has 12 aromatic rings. The zero-order valence-electron chi connectivity index (χ0n) is 32.3. The molecule has 0 aliphatic carbocycles. The van der Waals surface area contributed by atoms with Crippen molar-refractivity contribution in [3.8, 4) is 50.2 Å². The molecule has 1 heterocycles. The summed E-state index contributed by atoms with van der Waals surface area (Å²) < 4.78 is 2.38. The molecule has 59 heavy (non-hydrogen) atoms. The third-order valence-corrected chi connectivity index (χ3v) is 12.3. The van der Waals surface area contributed by atoms with Crippen LogP contribution in [0.25, 0.3) is 115 Å². The average Bonchev–Trinajstić information content (AvgIpc) is 3.64. The molecule has 1 aromatic heterocycles. The minimum atomic E-state index is 1.17. The van der Waals surface area contributed by atoms with Gasteiger partial charge in [-0.3, -0.25) is 0 Å². The van der Waals surface area contributed by atoms with Crippen molar-refractivity contribution in [2.45, 2.75) is 0 Å². The van der Waals surface area contributed by atoms with Crippen molar-refractivity contribution in [3.05, 3.63) is 224 Å². The van der Waals surface area contributed by atoms with Crippen LogP contribution < -0.4 is 0 Å². The lowest BCUT2D eigenvalue weighted by atomic mass is 9.87. The van der Waals surface area contributed by atoms with Crippen molar-refractivity contribution in [1.82, 2.24) is 4.57 Å². The smallest absolute Gasteiger partial charge is 0.0541 e. The van der Waals surface area contributed by atoms with Gasteiger partial charge >= 0.3 is 0 Å². The van der Waals surface area contributed by atoms with Crippen molar-refractivity contribution >= 4 is 64.9 Å². The summed E-state index contributed by atoms with van der Waals surface area (Å²) in [6, 6.07) is 82.8. The molecule has 0 saturated carbocycles. The Morgan fingerprint density at radius 1 is 0.220 bits per heavy atom. The van der Waals surface area contributed by atoms with E-state index in [0.29, 0.717) is 0 Å². The molecular weight excluding hydrogens is 711 g/mol. The zero-order chi connectivity index (χ0) is 38.9. The molecule has 0 saturated heterocycles. The Bertz CT molecular complexity index is 3590. The third kappa shape index (κ3) is 5.55. The van der Waals surface area contributed by atoms with E-state index in [2.05, 4.69) is 229 Å². The van der Waals surface area contributed by atoms with E-state index in [0.717, 1.165) is 0 Å². The topological polar surface area (TPSA) is 4.93 Å². The number of hydrogen-bond acceptors (Lipinski definition) is 0. The molecule has 11 aromatic carbocycles. The van der Waals surface area contributed by atoms with Gasteiger partial charge in [0.25, 0.3) is 0 Å². The second-order valence-electron chi connectivity index (χ2n) is 15.7. The fourth-order valence-electron chi connectivity index (χ4n) is 9.45. The van der Waals surface area contributed by atoms with Crippen LogP contribution in [-0.2, 0) is 0 Å². The standard InChI is InChI=1S/C58H37N/c1-3-14-39(15-4-1)52-33-41-17-9-10-18-42(41)34-53(52)46-26-29-50-49-28-25-43(32-47(49)37-54(55(50)36-46)45-24-23-38-13-7-8-16-40(38)31-45)44-27-30-58-56(35-44)51-21-11-12-22-57(51)59(58)48-19-5-2-6-20-48/h1-37H. The summed E-state index contributed by atoms with van der Waals surface area (Å²) in [5.74, 6) is 0. The molecule has 0 radical (unpaired) electrons. The summed E-state index contributed by atoms with van der Waals surface area (Å²) in [6.07, 6.45) is 0. The molecule has 0 aliphatic heterocycles. The lowest BCUT2D eigenvalue weighted by Gasteiger charge is -2.17. The summed E-state index contributed by atoms with van der Waals surface area (Å²) in [4.78, 5) is 0. The van der Waals surface area contributed by atoms with Crippen molar-refractivity contribution in [2.75, 3.05) is 0 Å². The van der Waals surface area contributed by atoms with E-state index in [-0.39, 0.29) is 0 Å². The van der Waals surface area contributed by atoms with Gasteiger partial charge in [0.1, 0.15) is 0 Å². The van der Waals surface area contributed by atoms with Gasteiger partial charge in [-0.25, -0.2) is 0 Å². The van der Waals surface area contributed by atoms with Gasteiger partial charge in [0, 0.05) is 16.5 Å². The predicted molar refractivity (Wildman–Crippen MR) is 253 cm³/mol. The third-order valence-electron chi connectivity index (χ3n) is 12.3. The molecule has 0 unspecified atom stereocenters. The van der Waals surface area contributed by atoms with Crippen molar-refractivity contribution in [1.29, 1.82) is 0 Å². The van der Waals surface area contributed by atoms with Crippen LogP contribution in [0.2, 0.25) is 0 Å². The van der Waals surface area contributed by atoms with Crippen LogP contribution in [-0.4, -0.2) is 4.57 Å². The lowest BCUT2D eigenvalue weighted by Crippen LogP contribution is -1.92. The van der Waals surface area contributed by atoms with E-state index in [1.807, 2.05) is 0 Å². The number of para-hydroxylation sites is 2. The van der Waals surface area contributed by atoms with E-state index < -0.39 is 0 Å². The van der Waals surface area contributed by atoms with E-state index >= 15 is 0 Å². The van der Waals surface area contributed by atoms with Crippen molar-refractivity contribution in [3.63, 3.8) is 0 Å². The molecule has 0 amide bonds. The van der Waals surface area contributed by atoms with Crippen LogP contribution >= 0.6 is 0 Å². The second-order valence-corrected chi connectivity index (χ2v) is 15.7. The van der Waals surface area contributed by atoms with Crippen LogP contribution in [0.1, 0.15) is 0 Å². The predicted octanol–water partition coefficient (Wildman–Crippen LogP) is 16.1. The Morgan fingerprint density at radius 2 is 0.729 bits per heavy atom. The number of fused-ring (bicyclic) bond motifs is 8. The molecule has 1 heteroatoms. The summed E-state index contributed by atoms with van der Waals surface area (Å²) in [5, 5.41) is 12.5. The quantitative estimate of drug-likeness (QED) is 0.155. The Kier molecular flexibility index (Phi) is 7.61. The highest BCUT2D eigenvalue weighted by atomic mass is 15.0. The number of rotatable bonds is 5. The van der Waals surface area contributed by atoms with Gasteiger partial charge in [-0.1, -0.05) is 158 Å². The highest BCUT2D eigenvalue weighted by Crippen LogP contribution is 2.43. The molecule has 0 spiro atoms. The Balaban J connectivity index is 1.07. The van der Waals surface area contributed by atoms with E-state index in [4.69, 9.17) is 0 Å². The molecule has 0 atom stereocenters. The molecule has 274 valence electrons. The van der Waals surface area contributed by atoms with Gasteiger partial charge < -0.3 is 4.57 Å². The summed E-state index contributed by atoms with van der Waals surface area (Å²) >= 11 is 0.